The number of allylic oxidation sites excluding steroid dienone is 2. The first-order valence-corrected chi connectivity index (χ1v) is 27.9. The molecule has 3 fully saturated rings. The zero-order valence-electron chi connectivity index (χ0n) is 42.4. The number of fused-ring (bicyclic) bond motifs is 11. The number of aliphatic carboxylic acids is 1. The standard InChI is InChI=1S/C29H40O4.C19H20N2.C10H8O6S2/c1-17-18-7-8-21-27(4,19(18)15-20(30)23(17)31)12-14-29(6)22-16-26(3,24(32)33)10-9-25(22,2)11-13-28(21,29)5;1-20-12-11-19-17(14-20)16-9-5-6-10-18(16)21(19)13-15-7-3-2-4-8-15;11-17(12,13)9-5-1-3-7-8(9)4-2-6-10(7)18(14,15)16/h8,15,22,30-31H,7,9-14,16H2,1-6H3,(H,32,33);2-10H,11-14H2,1H3;1-6H,(H,11,12,13)(H,14,15,16). The number of phenolic OH excluding ortho intramolecular Hbond substituents is 2. The number of carbonyl (C=O) groups is 1. The third-order valence-electron chi connectivity index (χ3n) is 18.5. The van der Waals surface area contributed by atoms with Gasteiger partial charge in [-0.3, -0.25) is 13.9 Å². The van der Waals surface area contributed by atoms with Gasteiger partial charge in [0.1, 0.15) is 9.79 Å². The van der Waals surface area contributed by atoms with E-state index in [2.05, 4.69) is 105 Å². The Kier molecular flexibility index (Phi) is 13.0. The van der Waals surface area contributed by atoms with Crippen molar-refractivity contribution < 1.29 is 46.1 Å². The van der Waals surface area contributed by atoms with Gasteiger partial charge in [0, 0.05) is 58.8 Å². The number of aromatic nitrogens is 1. The highest BCUT2D eigenvalue weighted by Crippen LogP contribution is 2.74. The van der Waals surface area contributed by atoms with Gasteiger partial charge in [0.25, 0.3) is 20.2 Å². The van der Waals surface area contributed by atoms with Crippen LogP contribution in [-0.4, -0.2) is 70.3 Å². The molecule has 72 heavy (non-hydrogen) atoms. The van der Waals surface area contributed by atoms with Crippen molar-refractivity contribution >= 4 is 47.9 Å². The monoisotopic (exact) mass is 1020 g/mol. The number of carboxylic acids is 1. The second kappa shape index (κ2) is 18.2. The van der Waals surface area contributed by atoms with Crippen molar-refractivity contribution in [3.8, 4) is 11.5 Å². The van der Waals surface area contributed by atoms with Gasteiger partial charge in [-0.2, -0.15) is 16.8 Å². The van der Waals surface area contributed by atoms with Crippen molar-refractivity contribution in [1.82, 2.24) is 9.47 Å². The van der Waals surface area contributed by atoms with Crippen LogP contribution in [-0.2, 0) is 56.4 Å². The highest BCUT2D eigenvalue weighted by Gasteiger charge is 2.67. The van der Waals surface area contributed by atoms with Gasteiger partial charge in [-0.25, -0.2) is 0 Å². The van der Waals surface area contributed by atoms with Gasteiger partial charge in [0.15, 0.2) is 11.5 Å². The fourth-order valence-electron chi connectivity index (χ4n) is 14.1. The van der Waals surface area contributed by atoms with E-state index in [1.165, 1.54) is 63.1 Å². The molecule has 5 N–H and O–H groups in total. The van der Waals surface area contributed by atoms with Gasteiger partial charge >= 0.3 is 5.97 Å². The summed E-state index contributed by atoms with van der Waals surface area (Å²) in [6.45, 7) is 16.7. The van der Waals surface area contributed by atoms with E-state index in [4.69, 9.17) is 9.11 Å². The summed E-state index contributed by atoms with van der Waals surface area (Å²) in [5.74, 6) is -0.282. The highest BCUT2D eigenvalue weighted by atomic mass is 32.2. The molecule has 6 aromatic rings. The summed E-state index contributed by atoms with van der Waals surface area (Å²) >= 11 is 0. The molecule has 11 rings (SSSR count). The maximum absolute atomic E-state index is 12.3. The van der Waals surface area contributed by atoms with Gasteiger partial charge in [0.05, 0.1) is 5.41 Å². The van der Waals surface area contributed by atoms with Crippen molar-refractivity contribution in [3.63, 3.8) is 0 Å². The summed E-state index contributed by atoms with van der Waals surface area (Å²) in [6, 6.07) is 29.0. The number of nitrogens with zero attached hydrogens (tertiary/aromatic N) is 2. The second-order valence-corrected chi connectivity index (χ2v) is 25.4. The predicted molar refractivity (Wildman–Crippen MR) is 281 cm³/mol. The zero-order chi connectivity index (χ0) is 52.0. The average molecular weight is 1020 g/mol. The number of likely N-dealkylation sites (N-methyl/N-ethyl adjacent to an activating group) is 1. The molecule has 0 amide bonds. The van der Waals surface area contributed by atoms with E-state index in [0.717, 1.165) is 101 Å². The Hall–Kier alpha value is -5.51. The lowest BCUT2D eigenvalue weighted by Crippen LogP contribution is -2.62. The number of benzene rings is 5. The van der Waals surface area contributed by atoms with Gasteiger partial charge in [0.2, 0.25) is 0 Å². The number of phenols is 2. The molecule has 1 aliphatic heterocycles. The average Bonchev–Trinajstić information content (AvgIpc) is 3.63. The van der Waals surface area contributed by atoms with E-state index in [1.54, 1.807) is 0 Å². The summed E-state index contributed by atoms with van der Waals surface area (Å²) in [4.78, 5) is 13.8. The first-order chi connectivity index (χ1) is 33.8. The van der Waals surface area contributed by atoms with E-state index in [0.29, 0.717) is 5.92 Å². The van der Waals surface area contributed by atoms with Crippen molar-refractivity contribution in [1.29, 1.82) is 0 Å². The Morgan fingerprint density at radius 2 is 1.32 bits per heavy atom. The van der Waals surface area contributed by atoms with Gasteiger partial charge < -0.3 is 24.8 Å². The molecule has 14 heteroatoms. The molecule has 0 saturated heterocycles. The number of hydrogen-bond donors (Lipinski definition) is 5. The fraction of sp³-hybridized carbons (Fsp3) is 0.431. The molecule has 5 aliphatic rings. The summed E-state index contributed by atoms with van der Waals surface area (Å²) in [5.41, 5.74) is 9.81. The minimum Gasteiger partial charge on any atom is -0.504 e. The minimum atomic E-state index is -4.47. The van der Waals surface area contributed by atoms with Crippen LogP contribution in [0.1, 0.15) is 113 Å². The van der Waals surface area contributed by atoms with Crippen LogP contribution in [0, 0.1) is 34.5 Å². The molecule has 5 aromatic carbocycles. The normalized spacial score (nSPS) is 27.8. The van der Waals surface area contributed by atoms with E-state index < -0.39 is 41.4 Å². The van der Waals surface area contributed by atoms with Crippen LogP contribution in [0.3, 0.4) is 0 Å². The first kappa shape index (κ1) is 51.4. The molecule has 6 atom stereocenters. The smallest absolute Gasteiger partial charge is 0.309 e. The van der Waals surface area contributed by atoms with E-state index in [1.807, 2.05) is 19.9 Å². The van der Waals surface area contributed by atoms with Gasteiger partial charge in [-0.1, -0.05) is 112 Å². The number of aromatic hydroxyl groups is 2. The second-order valence-electron chi connectivity index (χ2n) is 22.6. The highest BCUT2D eigenvalue weighted by molar-refractivity contribution is 7.86. The molecular formula is C58H68N2O10S2. The maximum Gasteiger partial charge on any atom is 0.309 e. The van der Waals surface area contributed by atoms with Crippen molar-refractivity contribution in [2.75, 3.05) is 13.6 Å². The molecule has 0 bridgehead atoms. The molecule has 0 radical (unpaired) electrons. The van der Waals surface area contributed by atoms with E-state index in [9.17, 15) is 36.9 Å². The summed E-state index contributed by atoms with van der Waals surface area (Å²) in [5, 5.41) is 32.4. The summed E-state index contributed by atoms with van der Waals surface area (Å²) in [6.07, 6.45) is 11.2. The third-order valence-corrected chi connectivity index (χ3v) is 20.3. The number of hydrogen-bond acceptors (Lipinski definition) is 8. The van der Waals surface area contributed by atoms with Crippen molar-refractivity contribution in [2.45, 2.75) is 128 Å². The van der Waals surface area contributed by atoms with Crippen LogP contribution in [0.5, 0.6) is 11.5 Å². The third kappa shape index (κ3) is 8.54. The Morgan fingerprint density at radius 1 is 0.722 bits per heavy atom. The molecule has 3 saturated carbocycles. The largest absolute Gasteiger partial charge is 0.504 e. The SMILES string of the molecule is CN1CCc2c(c3ccccc3n2Cc2ccccc2)C1.Cc1c(O)c(O)cc2c1CC=C1C2(C)CCC2(C)C3CC(C)(C(=O)O)CCC3(C)CCC12C.O=S(=O)(O)c1cccc2c(S(=O)(=O)O)cccc12. The van der Waals surface area contributed by atoms with Crippen LogP contribution in [0.4, 0.5) is 0 Å². The maximum atomic E-state index is 12.3. The number of rotatable bonds is 5. The summed E-state index contributed by atoms with van der Waals surface area (Å²) in [7, 11) is -6.72. The van der Waals surface area contributed by atoms with Crippen molar-refractivity contribution in [3.05, 3.63) is 142 Å². The number of para-hydroxylation sites is 1. The lowest BCUT2D eigenvalue weighted by atomic mass is 9.34. The zero-order valence-corrected chi connectivity index (χ0v) is 44.0. The van der Waals surface area contributed by atoms with Gasteiger partial charge in [-0.05, 0) is 147 Å². The van der Waals surface area contributed by atoms with Crippen LogP contribution >= 0.6 is 0 Å². The topological polar surface area (TPSA) is 195 Å². The Labute approximate surface area is 423 Å². The molecule has 382 valence electrons. The van der Waals surface area contributed by atoms with E-state index in [-0.39, 0.29) is 43.9 Å². The van der Waals surface area contributed by atoms with Gasteiger partial charge in [-0.15, -0.1) is 0 Å². The number of carboxylic acid groups (broad SMARTS) is 1. The molecule has 0 spiro atoms. The molecule has 4 aliphatic carbocycles. The van der Waals surface area contributed by atoms with E-state index >= 15 is 0 Å². The lowest BCUT2D eigenvalue weighted by molar-refractivity contribution is -0.177. The molecule has 12 nitrogen and oxygen atoms in total. The predicted octanol–water partition coefficient (Wildman–Crippen LogP) is 11.7. The molecular weight excluding hydrogens is 949 g/mol. The minimum absolute atomic E-state index is 0.00431. The van der Waals surface area contributed by atoms with Crippen molar-refractivity contribution in [2.24, 2.45) is 27.6 Å². The van der Waals surface area contributed by atoms with Crippen LogP contribution in [0.25, 0.3) is 21.7 Å². The molecule has 1 aromatic heterocycles. The Balaban J connectivity index is 0.000000142. The Bertz CT molecular complexity index is 3330. The first-order valence-electron chi connectivity index (χ1n) is 25.0. The fourth-order valence-corrected chi connectivity index (χ4v) is 15.5. The van der Waals surface area contributed by atoms with Crippen LogP contribution in [0.2, 0.25) is 0 Å². The quantitative estimate of drug-likeness (QED) is 0.0626. The lowest BCUT2D eigenvalue weighted by Gasteiger charge is -2.69. The van der Waals surface area contributed by atoms with Crippen LogP contribution < -0.4 is 0 Å². The molecule has 6 unspecified atom stereocenters. The molecule has 2 heterocycles. The Morgan fingerprint density at radius 3 is 1.94 bits per heavy atom. The van der Waals surface area contributed by atoms with Crippen LogP contribution in [0.15, 0.2) is 119 Å². The summed E-state index contributed by atoms with van der Waals surface area (Å²) < 4.78 is 65.2.